The molecular weight excluding hydrogens is 186 g/mol. The van der Waals surface area contributed by atoms with Gasteiger partial charge in [0.05, 0.1) is 11.1 Å². The Morgan fingerprint density at radius 3 is 3.00 bits per heavy atom. The molecule has 1 aromatic carbocycles. The summed E-state index contributed by atoms with van der Waals surface area (Å²) in [6.07, 6.45) is 2.77. The number of rotatable bonds is 2. The van der Waals surface area contributed by atoms with Crippen molar-refractivity contribution in [2.75, 3.05) is 0 Å². The first-order valence-corrected chi connectivity index (χ1v) is 4.97. The summed E-state index contributed by atoms with van der Waals surface area (Å²) in [5.74, 6) is 0. The second kappa shape index (κ2) is 3.76. The molecular formula is C12H13N3. The van der Waals surface area contributed by atoms with Crippen LogP contribution in [-0.4, -0.2) is 11.0 Å². The van der Waals surface area contributed by atoms with E-state index in [1.807, 2.05) is 31.3 Å². The van der Waals surface area contributed by atoms with E-state index in [2.05, 4.69) is 11.1 Å². The summed E-state index contributed by atoms with van der Waals surface area (Å²) in [6, 6.07) is 8.04. The topological polar surface area (TPSA) is 65.6 Å². The SMILES string of the molecule is CC(N)Cc1c[nH]c2c(C#N)cccc12. The van der Waals surface area contributed by atoms with E-state index in [1.165, 1.54) is 5.56 Å². The lowest BCUT2D eigenvalue weighted by atomic mass is 10.0. The molecule has 1 heterocycles. The van der Waals surface area contributed by atoms with E-state index in [0.717, 1.165) is 17.3 Å². The number of nitrogens with one attached hydrogen (secondary N) is 1. The average molecular weight is 199 g/mol. The van der Waals surface area contributed by atoms with E-state index < -0.39 is 0 Å². The van der Waals surface area contributed by atoms with E-state index >= 15 is 0 Å². The van der Waals surface area contributed by atoms with Crippen LogP contribution in [0.1, 0.15) is 18.1 Å². The van der Waals surface area contributed by atoms with Gasteiger partial charge in [0, 0.05) is 17.6 Å². The predicted octanol–water partition coefficient (Wildman–Crippen LogP) is 1.93. The molecule has 0 amide bonds. The van der Waals surface area contributed by atoms with Gasteiger partial charge >= 0.3 is 0 Å². The maximum Gasteiger partial charge on any atom is 0.101 e. The van der Waals surface area contributed by atoms with E-state index in [4.69, 9.17) is 11.0 Å². The lowest BCUT2D eigenvalue weighted by Crippen LogP contribution is -2.17. The largest absolute Gasteiger partial charge is 0.360 e. The molecule has 1 atom stereocenters. The molecule has 2 rings (SSSR count). The minimum atomic E-state index is 0.134. The van der Waals surface area contributed by atoms with Crippen LogP contribution in [0.15, 0.2) is 24.4 Å². The van der Waals surface area contributed by atoms with Crippen LogP contribution in [0.5, 0.6) is 0 Å². The summed E-state index contributed by atoms with van der Waals surface area (Å²) in [6.45, 7) is 1.98. The van der Waals surface area contributed by atoms with Crippen molar-refractivity contribution in [1.82, 2.24) is 4.98 Å². The minimum Gasteiger partial charge on any atom is -0.360 e. The van der Waals surface area contributed by atoms with Crippen molar-refractivity contribution < 1.29 is 0 Å². The third kappa shape index (κ3) is 1.72. The third-order valence-electron chi connectivity index (χ3n) is 2.46. The number of hydrogen-bond acceptors (Lipinski definition) is 2. The maximum absolute atomic E-state index is 8.93. The zero-order valence-electron chi connectivity index (χ0n) is 8.62. The van der Waals surface area contributed by atoms with E-state index in [9.17, 15) is 0 Å². The van der Waals surface area contributed by atoms with Crippen LogP contribution < -0.4 is 5.73 Å². The van der Waals surface area contributed by atoms with Gasteiger partial charge in [-0.2, -0.15) is 5.26 Å². The lowest BCUT2D eigenvalue weighted by Gasteiger charge is -2.02. The van der Waals surface area contributed by atoms with Crippen LogP contribution in [0, 0.1) is 11.3 Å². The fourth-order valence-electron chi connectivity index (χ4n) is 1.82. The Balaban J connectivity index is 2.57. The standard InChI is InChI=1S/C12H13N3/c1-8(14)5-10-7-15-12-9(6-13)3-2-4-11(10)12/h2-4,7-8,15H,5,14H2,1H3. The molecule has 2 aromatic rings. The molecule has 15 heavy (non-hydrogen) atoms. The number of fused-ring (bicyclic) bond motifs is 1. The molecule has 0 bridgehead atoms. The number of aromatic amines is 1. The van der Waals surface area contributed by atoms with Crippen molar-refractivity contribution in [2.45, 2.75) is 19.4 Å². The van der Waals surface area contributed by atoms with Crippen molar-refractivity contribution in [3.05, 3.63) is 35.5 Å². The second-order valence-corrected chi connectivity index (χ2v) is 3.84. The first-order valence-electron chi connectivity index (χ1n) is 4.97. The molecule has 3 N–H and O–H groups in total. The number of hydrogen-bond donors (Lipinski definition) is 2. The van der Waals surface area contributed by atoms with Gasteiger partial charge in [0.1, 0.15) is 6.07 Å². The normalized spacial score (nSPS) is 12.6. The van der Waals surface area contributed by atoms with Crippen LogP contribution >= 0.6 is 0 Å². The second-order valence-electron chi connectivity index (χ2n) is 3.84. The van der Waals surface area contributed by atoms with Crippen LogP contribution in [0.4, 0.5) is 0 Å². The highest BCUT2D eigenvalue weighted by Gasteiger charge is 2.07. The third-order valence-corrected chi connectivity index (χ3v) is 2.46. The molecule has 1 aromatic heterocycles. The van der Waals surface area contributed by atoms with Gasteiger partial charge in [-0.3, -0.25) is 0 Å². The Morgan fingerprint density at radius 2 is 2.33 bits per heavy atom. The highest BCUT2D eigenvalue weighted by molar-refractivity contribution is 5.87. The van der Waals surface area contributed by atoms with Gasteiger partial charge in [0.2, 0.25) is 0 Å². The number of nitrogens with two attached hydrogens (primary N) is 1. The lowest BCUT2D eigenvalue weighted by molar-refractivity contribution is 0.741. The van der Waals surface area contributed by atoms with Gasteiger partial charge in [-0.1, -0.05) is 12.1 Å². The Bertz CT molecular complexity index is 517. The summed E-state index contributed by atoms with van der Waals surface area (Å²) in [4.78, 5) is 3.14. The molecule has 3 heteroatoms. The van der Waals surface area contributed by atoms with Crippen LogP contribution in [-0.2, 0) is 6.42 Å². The van der Waals surface area contributed by atoms with E-state index in [0.29, 0.717) is 5.56 Å². The van der Waals surface area contributed by atoms with Gasteiger partial charge < -0.3 is 10.7 Å². The summed E-state index contributed by atoms with van der Waals surface area (Å²) in [7, 11) is 0. The van der Waals surface area contributed by atoms with E-state index in [1.54, 1.807) is 0 Å². The number of benzene rings is 1. The van der Waals surface area contributed by atoms with Crippen molar-refractivity contribution in [3.63, 3.8) is 0 Å². The van der Waals surface area contributed by atoms with Gasteiger partial charge in [-0.25, -0.2) is 0 Å². The molecule has 0 aliphatic rings. The number of nitrogens with zero attached hydrogens (tertiary/aromatic N) is 1. The molecule has 0 fully saturated rings. The quantitative estimate of drug-likeness (QED) is 0.776. The molecule has 3 nitrogen and oxygen atoms in total. The van der Waals surface area contributed by atoms with Gasteiger partial charge in [-0.15, -0.1) is 0 Å². The monoisotopic (exact) mass is 199 g/mol. The highest BCUT2D eigenvalue weighted by Crippen LogP contribution is 2.21. The van der Waals surface area contributed by atoms with Gasteiger partial charge in [0.15, 0.2) is 0 Å². The van der Waals surface area contributed by atoms with Crippen molar-refractivity contribution >= 4 is 10.9 Å². The minimum absolute atomic E-state index is 0.134. The number of H-pyrrole nitrogens is 1. The van der Waals surface area contributed by atoms with E-state index in [-0.39, 0.29) is 6.04 Å². The predicted molar refractivity (Wildman–Crippen MR) is 60.4 cm³/mol. The summed E-state index contributed by atoms with van der Waals surface area (Å²) in [5.41, 5.74) is 8.54. The highest BCUT2D eigenvalue weighted by atomic mass is 14.7. The summed E-state index contributed by atoms with van der Waals surface area (Å²) in [5, 5.41) is 10.0. The van der Waals surface area contributed by atoms with Crippen molar-refractivity contribution in [1.29, 1.82) is 5.26 Å². The smallest absolute Gasteiger partial charge is 0.101 e. The van der Waals surface area contributed by atoms with Gasteiger partial charge in [0.25, 0.3) is 0 Å². The Morgan fingerprint density at radius 1 is 1.53 bits per heavy atom. The number of nitriles is 1. The summed E-state index contributed by atoms with van der Waals surface area (Å²) >= 11 is 0. The number of aromatic nitrogens is 1. The fourth-order valence-corrected chi connectivity index (χ4v) is 1.82. The maximum atomic E-state index is 8.93. The molecule has 0 saturated carbocycles. The first kappa shape index (κ1) is 9.75. The molecule has 0 aliphatic carbocycles. The fraction of sp³-hybridized carbons (Fsp3) is 0.250. The molecule has 1 unspecified atom stereocenters. The van der Waals surface area contributed by atoms with Crippen LogP contribution in [0.2, 0.25) is 0 Å². The molecule has 0 aliphatic heterocycles. The first-order chi connectivity index (χ1) is 7.22. The molecule has 0 spiro atoms. The molecule has 0 radical (unpaired) electrons. The van der Waals surface area contributed by atoms with Crippen LogP contribution in [0.3, 0.4) is 0 Å². The average Bonchev–Trinajstić information content (AvgIpc) is 2.61. The van der Waals surface area contributed by atoms with Crippen LogP contribution in [0.25, 0.3) is 10.9 Å². The Hall–Kier alpha value is -1.79. The molecule has 76 valence electrons. The zero-order chi connectivity index (χ0) is 10.8. The number of para-hydroxylation sites is 1. The Labute approximate surface area is 88.5 Å². The summed E-state index contributed by atoms with van der Waals surface area (Å²) < 4.78 is 0. The van der Waals surface area contributed by atoms with Crippen molar-refractivity contribution in [3.8, 4) is 6.07 Å². The van der Waals surface area contributed by atoms with Crippen molar-refractivity contribution in [2.24, 2.45) is 5.73 Å². The Kier molecular flexibility index (Phi) is 2.44. The molecule has 0 saturated heterocycles. The van der Waals surface area contributed by atoms with Gasteiger partial charge in [-0.05, 0) is 25.0 Å². The zero-order valence-corrected chi connectivity index (χ0v) is 8.62.